The largest absolute Gasteiger partial charge is 0.299 e. The summed E-state index contributed by atoms with van der Waals surface area (Å²) in [4.78, 5) is 12.0. The number of hydrogen-bond acceptors (Lipinski definition) is 1. The van der Waals surface area contributed by atoms with Crippen LogP contribution in [0.1, 0.15) is 6.42 Å². The lowest BCUT2D eigenvalue weighted by molar-refractivity contribution is -0.122. The molecule has 3 heteroatoms. The van der Waals surface area contributed by atoms with Gasteiger partial charge in [0.05, 0.1) is 5.92 Å². The topological polar surface area (TPSA) is 17.1 Å². The number of halogens is 2. The first-order valence-electron chi connectivity index (χ1n) is 5.54. The van der Waals surface area contributed by atoms with Crippen molar-refractivity contribution in [2.24, 2.45) is 41.4 Å². The Bertz CT molecular complexity index is 395. The van der Waals surface area contributed by atoms with Crippen LogP contribution in [0.4, 0.5) is 4.39 Å². The maximum Gasteiger partial charge on any atom is 0.143 e. The highest BCUT2D eigenvalue weighted by Gasteiger charge is 2.90. The third kappa shape index (κ3) is 0.407. The summed E-state index contributed by atoms with van der Waals surface area (Å²) < 4.78 is 15.1. The molecule has 6 bridgehead atoms. The molecule has 0 spiro atoms. The third-order valence-corrected chi connectivity index (χ3v) is 7.84. The summed E-state index contributed by atoms with van der Waals surface area (Å²) in [6.45, 7) is 0. The summed E-state index contributed by atoms with van der Waals surface area (Å²) in [5, 5.41) is 0. The van der Waals surface area contributed by atoms with Crippen molar-refractivity contribution < 1.29 is 9.18 Å². The highest BCUT2D eigenvalue weighted by molar-refractivity contribution is 14.1. The van der Waals surface area contributed by atoms with Gasteiger partial charge in [-0.1, -0.05) is 22.6 Å². The quantitative estimate of drug-likeness (QED) is 0.493. The zero-order chi connectivity index (χ0) is 9.40. The summed E-state index contributed by atoms with van der Waals surface area (Å²) in [7, 11) is 0. The van der Waals surface area contributed by atoms with E-state index in [4.69, 9.17) is 0 Å². The monoisotopic (exact) mass is 304 g/mol. The predicted molar refractivity (Wildman–Crippen MR) is 55.7 cm³/mol. The van der Waals surface area contributed by atoms with E-state index < -0.39 is 5.67 Å². The van der Waals surface area contributed by atoms with Gasteiger partial charge in [0.25, 0.3) is 0 Å². The summed E-state index contributed by atoms with van der Waals surface area (Å²) in [5.74, 6) is 2.71. The Labute approximate surface area is 94.9 Å². The highest BCUT2D eigenvalue weighted by Crippen LogP contribution is 2.84. The number of ketones is 1. The molecular weight excluding hydrogens is 294 g/mol. The maximum atomic E-state index is 14.9. The molecule has 0 aromatic carbocycles. The number of hydrogen-bond donors (Lipinski definition) is 0. The van der Waals surface area contributed by atoms with Gasteiger partial charge in [-0.05, 0) is 30.1 Å². The molecule has 0 aromatic rings. The van der Waals surface area contributed by atoms with Crippen molar-refractivity contribution >= 4 is 28.4 Å². The van der Waals surface area contributed by atoms with E-state index in [0.717, 1.165) is 0 Å². The van der Waals surface area contributed by atoms with E-state index >= 15 is 0 Å². The zero-order valence-corrected chi connectivity index (χ0v) is 9.65. The first-order chi connectivity index (χ1) is 6.67. The number of carbonyl (C=O) groups is 1. The van der Waals surface area contributed by atoms with Crippen molar-refractivity contribution in [3.05, 3.63) is 0 Å². The third-order valence-electron chi connectivity index (χ3n) is 6.06. The van der Waals surface area contributed by atoms with E-state index in [1.54, 1.807) is 0 Å². The van der Waals surface area contributed by atoms with Crippen molar-refractivity contribution in [1.29, 1.82) is 0 Å². The molecule has 6 saturated carbocycles. The second-order valence-corrected chi connectivity index (χ2v) is 7.22. The van der Waals surface area contributed by atoms with Crippen molar-refractivity contribution in [3.63, 3.8) is 0 Å². The molecular formula is C11H10FIO. The van der Waals surface area contributed by atoms with Crippen LogP contribution in [0.15, 0.2) is 0 Å². The fourth-order valence-electron chi connectivity index (χ4n) is 6.14. The Morgan fingerprint density at radius 3 is 2.86 bits per heavy atom. The Morgan fingerprint density at radius 1 is 1.36 bits per heavy atom. The molecule has 14 heavy (non-hydrogen) atoms. The Morgan fingerprint density at radius 2 is 2.14 bits per heavy atom. The van der Waals surface area contributed by atoms with Crippen LogP contribution in [-0.2, 0) is 4.79 Å². The molecule has 0 amide bonds. The van der Waals surface area contributed by atoms with E-state index in [1.807, 2.05) is 0 Å². The highest BCUT2D eigenvalue weighted by atomic mass is 127. The number of Topliss-reactive ketones (excluding diaryl/α,β-unsaturated/α-hetero) is 1. The van der Waals surface area contributed by atoms with Gasteiger partial charge in [-0.2, -0.15) is 0 Å². The molecule has 0 saturated heterocycles. The SMILES string of the molecule is O=C1[C@H]2[C@H]3C[C@@H]4[C@H]5[C@H]3[C@H]1[C@@](F)([C@@H]42)[C@@H]5I. The van der Waals surface area contributed by atoms with Crippen molar-refractivity contribution in [2.75, 3.05) is 0 Å². The zero-order valence-electron chi connectivity index (χ0n) is 7.49. The van der Waals surface area contributed by atoms with Crippen LogP contribution in [0, 0.1) is 41.4 Å². The van der Waals surface area contributed by atoms with Crippen molar-refractivity contribution in [3.8, 4) is 0 Å². The molecule has 0 unspecified atom stereocenters. The minimum Gasteiger partial charge on any atom is -0.299 e. The molecule has 6 fully saturated rings. The van der Waals surface area contributed by atoms with Crippen molar-refractivity contribution in [2.45, 2.75) is 16.0 Å². The van der Waals surface area contributed by atoms with E-state index in [0.29, 0.717) is 29.5 Å². The van der Waals surface area contributed by atoms with Gasteiger partial charge >= 0.3 is 0 Å². The minimum atomic E-state index is -1.06. The molecule has 6 aliphatic carbocycles. The molecule has 0 heterocycles. The Balaban J connectivity index is 1.92. The lowest BCUT2D eigenvalue weighted by Gasteiger charge is -2.35. The molecule has 74 valence electrons. The fraction of sp³-hybridized carbons (Fsp3) is 0.909. The first kappa shape index (κ1) is 7.58. The molecule has 1 nitrogen and oxygen atoms in total. The second-order valence-electron chi connectivity index (χ2n) is 5.88. The Kier molecular flexibility index (Phi) is 0.931. The lowest BCUT2D eigenvalue weighted by atomic mass is 9.70. The smallest absolute Gasteiger partial charge is 0.143 e. The molecule has 0 aliphatic heterocycles. The molecule has 0 aromatic heterocycles. The minimum absolute atomic E-state index is 0.155. The Hall–Kier alpha value is 0.330. The van der Waals surface area contributed by atoms with Gasteiger partial charge in [-0.15, -0.1) is 0 Å². The number of alkyl halides is 2. The van der Waals surface area contributed by atoms with Gasteiger partial charge in [0, 0.05) is 15.8 Å². The average molecular weight is 304 g/mol. The second kappa shape index (κ2) is 1.72. The number of carbonyl (C=O) groups excluding carboxylic acids is 1. The molecule has 6 aliphatic rings. The molecule has 0 N–H and O–H groups in total. The van der Waals surface area contributed by atoms with E-state index in [9.17, 15) is 9.18 Å². The van der Waals surface area contributed by atoms with Crippen LogP contribution >= 0.6 is 22.6 Å². The van der Waals surface area contributed by atoms with Crippen LogP contribution in [0.25, 0.3) is 0 Å². The molecule has 0 radical (unpaired) electrons. The van der Waals surface area contributed by atoms with Gasteiger partial charge < -0.3 is 0 Å². The fourth-order valence-corrected chi connectivity index (χ4v) is 7.96. The summed E-state index contributed by atoms with van der Waals surface area (Å²) in [5.41, 5.74) is -1.06. The predicted octanol–water partition coefficient (Wildman–Crippen LogP) is 1.84. The van der Waals surface area contributed by atoms with Gasteiger partial charge in [-0.3, -0.25) is 4.79 Å². The standard InChI is InChI=1S/C11H10FIO/c12-11-7-3-1-2-4(5(3)10(11)13)8(11)9(14)6(2)7/h2-8,10H,1H2/t2-,3+,4-,5-,6-,7-,8+,10+,11-/m0/s1. The summed E-state index contributed by atoms with van der Waals surface area (Å²) >= 11 is 2.30. The van der Waals surface area contributed by atoms with Gasteiger partial charge in [0.2, 0.25) is 0 Å². The van der Waals surface area contributed by atoms with Crippen LogP contribution in [0.5, 0.6) is 0 Å². The summed E-state index contributed by atoms with van der Waals surface area (Å²) in [6.07, 6.45) is 1.18. The van der Waals surface area contributed by atoms with E-state index in [2.05, 4.69) is 22.6 Å². The van der Waals surface area contributed by atoms with E-state index in [1.165, 1.54) is 6.42 Å². The molecule has 6 rings (SSSR count). The van der Waals surface area contributed by atoms with Gasteiger partial charge in [-0.25, -0.2) is 4.39 Å². The normalized spacial score (nSPS) is 80.3. The lowest BCUT2D eigenvalue weighted by Crippen LogP contribution is -2.42. The first-order valence-corrected chi connectivity index (χ1v) is 6.78. The van der Waals surface area contributed by atoms with E-state index in [-0.39, 0.29) is 21.7 Å². The number of rotatable bonds is 0. The summed E-state index contributed by atoms with van der Waals surface area (Å²) in [6, 6.07) is 0. The molecule has 9 atom stereocenters. The maximum absolute atomic E-state index is 14.9. The van der Waals surface area contributed by atoms with Crippen LogP contribution < -0.4 is 0 Å². The van der Waals surface area contributed by atoms with Crippen LogP contribution in [0.3, 0.4) is 0 Å². The average Bonchev–Trinajstić information content (AvgIpc) is 2.81. The van der Waals surface area contributed by atoms with Crippen LogP contribution in [-0.4, -0.2) is 15.4 Å². The van der Waals surface area contributed by atoms with Gasteiger partial charge in [0.15, 0.2) is 0 Å². The van der Waals surface area contributed by atoms with Gasteiger partial charge in [0.1, 0.15) is 11.5 Å². The van der Waals surface area contributed by atoms with Crippen molar-refractivity contribution in [1.82, 2.24) is 0 Å². The van der Waals surface area contributed by atoms with Crippen LogP contribution in [0.2, 0.25) is 0 Å².